The van der Waals surface area contributed by atoms with Gasteiger partial charge in [-0.1, -0.05) is 18.2 Å². The highest BCUT2D eigenvalue weighted by atomic mass is 16.5. The maximum atomic E-state index is 12.0. The van der Waals surface area contributed by atoms with Gasteiger partial charge in [0.15, 0.2) is 6.61 Å². The second-order valence-electron chi connectivity index (χ2n) is 4.82. The number of para-hydroxylation sites is 1. The van der Waals surface area contributed by atoms with Crippen LogP contribution in [0.25, 0.3) is 0 Å². The Morgan fingerprint density at radius 1 is 1.43 bits per heavy atom. The minimum atomic E-state index is -0.364. The first-order valence-corrected chi connectivity index (χ1v) is 6.75. The van der Waals surface area contributed by atoms with Crippen LogP contribution in [0, 0.1) is 11.3 Å². The highest BCUT2D eigenvalue weighted by Gasteiger charge is 2.31. The summed E-state index contributed by atoms with van der Waals surface area (Å²) in [5.74, 6) is 0.275. The van der Waals surface area contributed by atoms with Gasteiger partial charge in [-0.05, 0) is 12.5 Å². The SMILES string of the molecule is CN1C(=O)CCC(NCc2ccccc2OCC#N)C1=O. The van der Waals surface area contributed by atoms with Crippen molar-refractivity contribution in [1.29, 1.82) is 5.26 Å². The summed E-state index contributed by atoms with van der Waals surface area (Å²) < 4.78 is 5.34. The number of carbonyl (C=O) groups is 2. The average Bonchev–Trinajstić information content (AvgIpc) is 2.51. The summed E-state index contributed by atoms with van der Waals surface area (Å²) in [6.07, 6.45) is 0.871. The fourth-order valence-electron chi connectivity index (χ4n) is 2.24. The van der Waals surface area contributed by atoms with Crippen molar-refractivity contribution in [2.75, 3.05) is 13.7 Å². The lowest BCUT2D eigenvalue weighted by Gasteiger charge is -2.28. The molecule has 1 fully saturated rings. The van der Waals surface area contributed by atoms with Crippen LogP contribution >= 0.6 is 0 Å². The number of carbonyl (C=O) groups excluding carboxylic acids is 2. The number of hydrogen-bond donors (Lipinski definition) is 1. The third-order valence-corrected chi connectivity index (χ3v) is 3.45. The molecule has 21 heavy (non-hydrogen) atoms. The molecule has 0 bridgehead atoms. The first-order chi connectivity index (χ1) is 10.1. The zero-order valence-electron chi connectivity index (χ0n) is 11.8. The van der Waals surface area contributed by atoms with Crippen LogP contribution in [0.1, 0.15) is 18.4 Å². The number of ether oxygens (including phenoxy) is 1. The Labute approximate surface area is 123 Å². The van der Waals surface area contributed by atoms with Crippen molar-refractivity contribution in [2.45, 2.75) is 25.4 Å². The topological polar surface area (TPSA) is 82.4 Å². The zero-order chi connectivity index (χ0) is 15.2. The molecule has 1 aromatic carbocycles. The summed E-state index contributed by atoms with van der Waals surface area (Å²) in [5.41, 5.74) is 0.875. The Bertz CT molecular complexity index is 580. The van der Waals surface area contributed by atoms with Gasteiger partial charge < -0.3 is 10.1 Å². The highest BCUT2D eigenvalue weighted by molar-refractivity contribution is 6.00. The van der Waals surface area contributed by atoms with Gasteiger partial charge in [0.1, 0.15) is 11.8 Å². The Hall–Kier alpha value is -2.39. The summed E-state index contributed by atoms with van der Waals surface area (Å²) in [5, 5.41) is 11.7. The lowest BCUT2D eigenvalue weighted by atomic mass is 10.0. The molecule has 1 heterocycles. The minimum absolute atomic E-state index is 0.0172. The van der Waals surface area contributed by atoms with Crippen LogP contribution in [0.4, 0.5) is 0 Å². The monoisotopic (exact) mass is 287 g/mol. The fourth-order valence-corrected chi connectivity index (χ4v) is 2.24. The molecule has 0 saturated carbocycles. The summed E-state index contributed by atoms with van der Waals surface area (Å²) >= 11 is 0. The molecular formula is C15H17N3O3. The fraction of sp³-hybridized carbons (Fsp3) is 0.400. The summed E-state index contributed by atoms with van der Waals surface area (Å²) in [7, 11) is 1.50. The number of piperidine rings is 1. The molecule has 1 N–H and O–H groups in total. The van der Waals surface area contributed by atoms with E-state index in [1.165, 1.54) is 11.9 Å². The predicted octanol–water partition coefficient (Wildman–Crippen LogP) is 0.826. The van der Waals surface area contributed by atoms with Crippen molar-refractivity contribution in [3.63, 3.8) is 0 Å². The molecular weight excluding hydrogens is 270 g/mol. The maximum absolute atomic E-state index is 12.0. The van der Waals surface area contributed by atoms with Gasteiger partial charge in [-0.3, -0.25) is 14.5 Å². The molecule has 2 rings (SSSR count). The predicted molar refractivity (Wildman–Crippen MR) is 75.2 cm³/mol. The Morgan fingerprint density at radius 2 is 2.19 bits per heavy atom. The summed E-state index contributed by atoms with van der Waals surface area (Å²) in [6.45, 7) is 0.427. The zero-order valence-corrected chi connectivity index (χ0v) is 11.8. The number of amides is 2. The van der Waals surface area contributed by atoms with Crippen LogP contribution < -0.4 is 10.1 Å². The molecule has 1 aliphatic rings. The van der Waals surface area contributed by atoms with E-state index in [-0.39, 0.29) is 24.5 Å². The van der Waals surface area contributed by atoms with Crippen LogP contribution in [0.2, 0.25) is 0 Å². The van der Waals surface area contributed by atoms with Gasteiger partial charge >= 0.3 is 0 Å². The van der Waals surface area contributed by atoms with E-state index in [1.54, 1.807) is 6.07 Å². The first kappa shape index (κ1) is 15.0. The van der Waals surface area contributed by atoms with E-state index in [2.05, 4.69) is 5.32 Å². The lowest BCUT2D eigenvalue weighted by Crippen LogP contribution is -2.51. The number of nitrogens with one attached hydrogen (secondary N) is 1. The van der Waals surface area contributed by atoms with E-state index in [4.69, 9.17) is 10.00 Å². The van der Waals surface area contributed by atoms with Crippen LogP contribution in [0.3, 0.4) is 0 Å². The molecule has 1 unspecified atom stereocenters. The van der Waals surface area contributed by atoms with Gasteiger partial charge in [-0.2, -0.15) is 5.26 Å². The highest BCUT2D eigenvalue weighted by Crippen LogP contribution is 2.19. The first-order valence-electron chi connectivity index (χ1n) is 6.75. The molecule has 1 aromatic rings. The van der Waals surface area contributed by atoms with Crippen LogP contribution in [-0.4, -0.2) is 36.4 Å². The van der Waals surface area contributed by atoms with Gasteiger partial charge in [0.25, 0.3) is 0 Å². The Balaban J connectivity index is 1.99. The van der Waals surface area contributed by atoms with Crippen LogP contribution in [0.5, 0.6) is 5.75 Å². The number of hydrogen-bond acceptors (Lipinski definition) is 5. The lowest BCUT2D eigenvalue weighted by molar-refractivity contribution is -0.148. The standard InChI is InChI=1S/C15H17N3O3/c1-18-14(19)7-6-12(15(18)20)17-10-11-4-2-3-5-13(11)21-9-8-16/h2-5,12,17H,6-7,9-10H2,1H3. The third-order valence-electron chi connectivity index (χ3n) is 3.45. The van der Waals surface area contributed by atoms with Gasteiger partial charge in [-0.25, -0.2) is 0 Å². The average molecular weight is 287 g/mol. The molecule has 0 aliphatic carbocycles. The van der Waals surface area contributed by atoms with Crippen molar-refractivity contribution < 1.29 is 14.3 Å². The summed E-state index contributed by atoms with van der Waals surface area (Å²) in [6, 6.07) is 8.92. The van der Waals surface area contributed by atoms with E-state index in [1.807, 2.05) is 24.3 Å². The second kappa shape index (κ2) is 6.86. The van der Waals surface area contributed by atoms with Crippen molar-refractivity contribution in [1.82, 2.24) is 10.2 Å². The van der Waals surface area contributed by atoms with E-state index < -0.39 is 0 Å². The molecule has 1 atom stereocenters. The number of imide groups is 1. The molecule has 6 heteroatoms. The van der Waals surface area contributed by atoms with Crippen LogP contribution in [0.15, 0.2) is 24.3 Å². The normalized spacial score (nSPS) is 18.5. The van der Waals surface area contributed by atoms with Crippen molar-refractivity contribution >= 4 is 11.8 Å². The second-order valence-corrected chi connectivity index (χ2v) is 4.82. The van der Waals surface area contributed by atoms with E-state index in [9.17, 15) is 9.59 Å². The summed E-state index contributed by atoms with van der Waals surface area (Å²) in [4.78, 5) is 24.6. The molecule has 0 spiro atoms. The number of rotatable bonds is 5. The van der Waals surface area contributed by atoms with E-state index >= 15 is 0 Å². The number of nitrogens with zero attached hydrogens (tertiary/aromatic N) is 2. The van der Waals surface area contributed by atoms with E-state index in [0.717, 1.165) is 5.56 Å². The van der Waals surface area contributed by atoms with Gasteiger partial charge in [0.05, 0.1) is 6.04 Å². The molecule has 2 amide bonds. The largest absolute Gasteiger partial charge is 0.478 e. The third kappa shape index (κ3) is 3.58. The van der Waals surface area contributed by atoms with Crippen molar-refractivity contribution in [3.05, 3.63) is 29.8 Å². The molecule has 0 radical (unpaired) electrons. The number of nitriles is 1. The van der Waals surface area contributed by atoms with Crippen molar-refractivity contribution in [2.24, 2.45) is 0 Å². The maximum Gasteiger partial charge on any atom is 0.246 e. The quantitative estimate of drug-likeness (QED) is 0.811. The number of likely N-dealkylation sites (tertiary alicyclic amines) is 1. The van der Waals surface area contributed by atoms with Gasteiger partial charge in [0.2, 0.25) is 11.8 Å². The smallest absolute Gasteiger partial charge is 0.246 e. The number of benzene rings is 1. The van der Waals surface area contributed by atoms with Gasteiger partial charge in [0, 0.05) is 25.6 Å². The number of likely N-dealkylation sites (N-methyl/N-ethyl adjacent to an activating group) is 1. The minimum Gasteiger partial charge on any atom is -0.478 e. The molecule has 1 aliphatic heterocycles. The Morgan fingerprint density at radius 3 is 2.95 bits per heavy atom. The molecule has 1 saturated heterocycles. The van der Waals surface area contributed by atoms with Crippen LogP contribution in [-0.2, 0) is 16.1 Å². The molecule has 110 valence electrons. The molecule has 0 aromatic heterocycles. The van der Waals surface area contributed by atoms with Gasteiger partial charge in [-0.15, -0.1) is 0 Å². The Kier molecular flexibility index (Phi) is 4.90. The van der Waals surface area contributed by atoms with E-state index in [0.29, 0.717) is 25.1 Å². The van der Waals surface area contributed by atoms with Crippen molar-refractivity contribution in [3.8, 4) is 11.8 Å². The molecule has 6 nitrogen and oxygen atoms in total.